The molecule has 1 saturated heterocycles. The fourth-order valence-electron chi connectivity index (χ4n) is 2.86. The molecule has 0 aromatic carbocycles. The predicted octanol–water partition coefficient (Wildman–Crippen LogP) is 1.93. The van der Waals surface area contributed by atoms with E-state index in [1.54, 1.807) is 0 Å². The molecule has 0 amide bonds. The summed E-state index contributed by atoms with van der Waals surface area (Å²) in [6, 6.07) is 2.34. The molecule has 0 aliphatic carbocycles. The van der Waals surface area contributed by atoms with Gasteiger partial charge in [-0.3, -0.25) is 4.68 Å². The summed E-state index contributed by atoms with van der Waals surface area (Å²) in [5, 5.41) is 4.29. The highest BCUT2D eigenvalue weighted by atomic mass is 15.3. The molecule has 6 nitrogen and oxygen atoms in total. The fraction of sp³-hybridized carbons (Fsp3) is 0.533. The van der Waals surface area contributed by atoms with E-state index in [4.69, 9.17) is 4.98 Å². The lowest BCUT2D eigenvalue weighted by molar-refractivity contribution is 0.697. The SMILES string of the molecule is Cc1cc(N(C)C)nc(N2CCC[C@@H]2c2cnn(C)c2)n1. The van der Waals surface area contributed by atoms with Crippen LogP contribution in [0.15, 0.2) is 18.5 Å². The third-order valence-corrected chi connectivity index (χ3v) is 3.91. The summed E-state index contributed by atoms with van der Waals surface area (Å²) in [4.78, 5) is 13.7. The smallest absolute Gasteiger partial charge is 0.228 e. The molecule has 0 unspecified atom stereocenters. The first-order valence-corrected chi connectivity index (χ1v) is 7.33. The zero-order chi connectivity index (χ0) is 15.0. The standard InChI is InChI=1S/C15H22N6/c1-11-8-14(19(2)3)18-15(17-11)21-7-5-6-13(21)12-9-16-20(4)10-12/h8-10,13H,5-7H2,1-4H3/t13-/m1/s1. The van der Waals surface area contributed by atoms with Gasteiger partial charge in [0.1, 0.15) is 5.82 Å². The second-order valence-corrected chi connectivity index (χ2v) is 5.86. The third-order valence-electron chi connectivity index (χ3n) is 3.91. The van der Waals surface area contributed by atoms with E-state index in [-0.39, 0.29) is 0 Å². The lowest BCUT2D eigenvalue weighted by Gasteiger charge is -2.25. The Balaban J connectivity index is 1.95. The molecule has 2 aromatic heterocycles. The monoisotopic (exact) mass is 286 g/mol. The fourth-order valence-corrected chi connectivity index (χ4v) is 2.86. The highest BCUT2D eigenvalue weighted by Gasteiger charge is 2.29. The zero-order valence-electron chi connectivity index (χ0n) is 13.1. The van der Waals surface area contributed by atoms with E-state index in [2.05, 4.69) is 21.2 Å². The van der Waals surface area contributed by atoms with Crippen LogP contribution >= 0.6 is 0 Å². The van der Waals surface area contributed by atoms with Crippen LogP contribution in [-0.2, 0) is 7.05 Å². The number of aromatic nitrogens is 4. The number of rotatable bonds is 3. The van der Waals surface area contributed by atoms with E-state index in [1.165, 1.54) is 5.56 Å². The van der Waals surface area contributed by atoms with Crippen molar-refractivity contribution in [2.45, 2.75) is 25.8 Å². The van der Waals surface area contributed by atoms with Crippen molar-refractivity contribution in [2.24, 2.45) is 7.05 Å². The number of hydrogen-bond acceptors (Lipinski definition) is 5. The third kappa shape index (κ3) is 2.70. The van der Waals surface area contributed by atoms with Crippen LogP contribution < -0.4 is 9.80 Å². The van der Waals surface area contributed by atoms with Crippen LogP contribution in [0, 0.1) is 6.92 Å². The number of aryl methyl sites for hydroxylation is 2. The first-order chi connectivity index (χ1) is 10.0. The van der Waals surface area contributed by atoms with Crippen molar-refractivity contribution < 1.29 is 0 Å². The van der Waals surface area contributed by atoms with Crippen molar-refractivity contribution in [1.82, 2.24) is 19.7 Å². The molecule has 0 radical (unpaired) electrons. The average molecular weight is 286 g/mol. The van der Waals surface area contributed by atoms with Crippen LogP contribution in [0.1, 0.15) is 30.1 Å². The van der Waals surface area contributed by atoms with E-state index >= 15 is 0 Å². The van der Waals surface area contributed by atoms with Gasteiger partial charge in [0.05, 0.1) is 12.2 Å². The maximum Gasteiger partial charge on any atom is 0.228 e. The summed E-state index contributed by atoms with van der Waals surface area (Å²) in [6.07, 6.45) is 6.33. The Hall–Kier alpha value is -2.11. The predicted molar refractivity (Wildman–Crippen MR) is 83.6 cm³/mol. The van der Waals surface area contributed by atoms with E-state index in [9.17, 15) is 0 Å². The van der Waals surface area contributed by atoms with Gasteiger partial charge in [-0.15, -0.1) is 0 Å². The molecular formula is C15H22N6. The van der Waals surface area contributed by atoms with Gasteiger partial charge in [0.15, 0.2) is 0 Å². The topological polar surface area (TPSA) is 50.1 Å². The van der Waals surface area contributed by atoms with Crippen molar-refractivity contribution in [3.63, 3.8) is 0 Å². The van der Waals surface area contributed by atoms with Crippen molar-refractivity contribution in [3.05, 3.63) is 29.7 Å². The van der Waals surface area contributed by atoms with Crippen LogP contribution in [-0.4, -0.2) is 40.4 Å². The Morgan fingerprint density at radius 1 is 1.29 bits per heavy atom. The Labute approximate surface area is 125 Å². The van der Waals surface area contributed by atoms with Gasteiger partial charge < -0.3 is 9.80 Å². The number of hydrogen-bond donors (Lipinski definition) is 0. The second-order valence-electron chi connectivity index (χ2n) is 5.86. The van der Waals surface area contributed by atoms with Gasteiger partial charge in [-0.1, -0.05) is 0 Å². The maximum absolute atomic E-state index is 4.71. The van der Waals surface area contributed by atoms with Crippen molar-refractivity contribution in [2.75, 3.05) is 30.4 Å². The Morgan fingerprint density at radius 2 is 2.10 bits per heavy atom. The summed E-state index contributed by atoms with van der Waals surface area (Å²) < 4.78 is 1.86. The number of anilines is 2. The lowest BCUT2D eigenvalue weighted by Crippen LogP contribution is -2.25. The molecular weight excluding hydrogens is 264 g/mol. The van der Waals surface area contributed by atoms with E-state index in [0.717, 1.165) is 36.8 Å². The largest absolute Gasteiger partial charge is 0.363 e. The molecule has 0 bridgehead atoms. The first kappa shape index (κ1) is 13.9. The Kier molecular flexibility index (Phi) is 3.53. The van der Waals surface area contributed by atoms with E-state index in [1.807, 2.05) is 49.9 Å². The molecule has 3 heterocycles. The van der Waals surface area contributed by atoms with Crippen LogP contribution in [0.4, 0.5) is 11.8 Å². The minimum atomic E-state index is 0.329. The van der Waals surface area contributed by atoms with Crippen LogP contribution in [0.5, 0.6) is 0 Å². The summed E-state index contributed by atoms with van der Waals surface area (Å²) in [6.45, 7) is 3.02. The van der Waals surface area contributed by atoms with Crippen molar-refractivity contribution >= 4 is 11.8 Å². The molecule has 21 heavy (non-hydrogen) atoms. The van der Waals surface area contributed by atoms with Gasteiger partial charge in [-0.05, 0) is 19.8 Å². The van der Waals surface area contributed by atoms with Gasteiger partial charge in [0.2, 0.25) is 5.95 Å². The highest BCUT2D eigenvalue weighted by Crippen LogP contribution is 2.34. The Bertz CT molecular complexity index is 633. The highest BCUT2D eigenvalue weighted by molar-refractivity contribution is 5.46. The molecule has 0 N–H and O–H groups in total. The van der Waals surface area contributed by atoms with Gasteiger partial charge in [0, 0.05) is 51.2 Å². The van der Waals surface area contributed by atoms with E-state index in [0.29, 0.717) is 6.04 Å². The van der Waals surface area contributed by atoms with E-state index < -0.39 is 0 Å². The minimum Gasteiger partial charge on any atom is -0.363 e. The van der Waals surface area contributed by atoms with Crippen LogP contribution in [0.3, 0.4) is 0 Å². The first-order valence-electron chi connectivity index (χ1n) is 7.33. The number of nitrogens with zero attached hydrogens (tertiary/aromatic N) is 6. The molecule has 1 fully saturated rings. The van der Waals surface area contributed by atoms with Gasteiger partial charge in [-0.25, -0.2) is 4.98 Å². The molecule has 0 spiro atoms. The summed E-state index contributed by atoms with van der Waals surface area (Å²) in [5.41, 5.74) is 2.24. The lowest BCUT2D eigenvalue weighted by atomic mass is 10.1. The summed E-state index contributed by atoms with van der Waals surface area (Å²) in [7, 11) is 5.97. The second kappa shape index (κ2) is 5.35. The quantitative estimate of drug-likeness (QED) is 0.863. The van der Waals surface area contributed by atoms with Crippen molar-refractivity contribution in [3.8, 4) is 0 Å². The molecule has 1 aliphatic heterocycles. The molecule has 2 aromatic rings. The van der Waals surface area contributed by atoms with Crippen LogP contribution in [0.2, 0.25) is 0 Å². The zero-order valence-corrected chi connectivity index (χ0v) is 13.1. The minimum absolute atomic E-state index is 0.329. The molecule has 0 saturated carbocycles. The van der Waals surface area contributed by atoms with Gasteiger partial charge in [0.25, 0.3) is 0 Å². The van der Waals surface area contributed by atoms with Crippen molar-refractivity contribution in [1.29, 1.82) is 0 Å². The van der Waals surface area contributed by atoms with Crippen LogP contribution in [0.25, 0.3) is 0 Å². The molecule has 6 heteroatoms. The summed E-state index contributed by atoms with van der Waals surface area (Å²) >= 11 is 0. The Morgan fingerprint density at radius 3 is 2.76 bits per heavy atom. The molecule has 1 atom stereocenters. The average Bonchev–Trinajstić information content (AvgIpc) is 3.06. The maximum atomic E-state index is 4.71. The molecule has 3 rings (SSSR count). The molecule has 1 aliphatic rings. The summed E-state index contributed by atoms with van der Waals surface area (Å²) in [5.74, 6) is 1.78. The van der Waals surface area contributed by atoms with Gasteiger partial charge in [-0.2, -0.15) is 10.1 Å². The molecule has 112 valence electrons. The normalized spacial score (nSPS) is 18.3. The van der Waals surface area contributed by atoms with Gasteiger partial charge >= 0.3 is 0 Å².